The fourth-order valence-corrected chi connectivity index (χ4v) is 4.13. The molecule has 1 aromatic heterocycles. The second-order valence-corrected chi connectivity index (χ2v) is 6.96. The van der Waals surface area contributed by atoms with Crippen LogP contribution in [0.25, 0.3) is 5.69 Å². The summed E-state index contributed by atoms with van der Waals surface area (Å²) in [4.78, 5) is 7.01. The third-order valence-corrected chi connectivity index (χ3v) is 5.44. The number of ether oxygens (including phenoxy) is 2. The van der Waals surface area contributed by atoms with Gasteiger partial charge in [0.1, 0.15) is 5.71 Å². The minimum absolute atomic E-state index is 0.0242. The largest absolute Gasteiger partial charge is 0.539 e. The van der Waals surface area contributed by atoms with Crippen LogP contribution in [-0.2, 0) is 0 Å². The summed E-state index contributed by atoms with van der Waals surface area (Å²) in [6.45, 7) is 1.73. The van der Waals surface area contributed by atoms with Crippen LogP contribution in [0, 0.1) is 0 Å². The highest BCUT2D eigenvalue weighted by atomic mass is 16.7. The first-order valence-electron chi connectivity index (χ1n) is 9.16. The second-order valence-electron chi connectivity index (χ2n) is 6.96. The number of rotatable bonds is 3. The van der Waals surface area contributed by atoms with Crippen molar-refractivity contribution in [2.24, 2.45) is 4.99 Å². The molecule has 0 saturated carbocycles. The normalized spacial score (nSPS) is 24.6. The summed E-state index contributed by atoms with van der Waals surface area (Å²) in [5.41, 5.74) is 3.01. The van der Waals surface area contributed by atoms with E-state index in [1.165, 1.54) is 0 Å². The Bertz CT molecular complexity index is 1090. The van der Waals surface area contributed by atoms with Gasteiger partial charge in [0.15, 0.2) is 17.4 Å². The molecular weight excluding hydrogens is 360 g/mol. The predicted molar refractivity (Wildman–Crippen MR) is 94.7 cm³/mol. The fraction of sp³-hybridized carbons (Fsp3) is 0.250. The van der Waals surface area contributed by atoms with E-state index >= 15 is 0 Å². The molecule has 3 atom stereocenters. The lowest BCUT2D eigenvalue weighted by Gasteiger charge is -2.09. The lowest BCUT2D eigenvalue weighted by atomic mass is 10.0. The lowest BCUT2D eigenvalue weighted by molar-refractivity contribution is -0.671. The monoisotopic (exact) mass is 376 g/mol. The zero-order valence-electron chi connectivity index (χ0n) is 14.8. The first kappa shape index (κ1) is 15.6. The molecule has 140 valence electrons. The number of fused-ring (bicyclic) bond motifs is 2. The van der Waals surface area contributed by atoms with Gasteiger partial charge in [0, 0.05) is 18.7 Å². The first-order chi connectivity index (χ1) is 13.8. The molecule has 1 fully saturated rings. The van der Waals surface area contributed by atoms with Crippen LogP contribution < -0.4 is 19.3 Å². The van der Waals surface area contributed by atoms with Crippen LogP contribution in [0.2, 0.25) is 0 Å². The van der Waals surface area contributed by atoms with Gasteiger partial charge in [-0.1, -0.05) is 24.3 Å². The van der Waals surface area contributed by atoms with Crippen molar-refractivity contribution in [3.05, 3.63) is 59.8 Å². The molecule has 4 heterocycles. The Labute approximate surface area is 160 Å². The Hall–Kier alpha value is -3.39. The average molecular weight is 376 g/mol. The molecule has 6 rings (SSSR count). The summed E-state index contributed by atoms with van der Waals surface area (Å²) >= 11 is 0. The smallest absolute Gasteiger partial charge is 0.286 e. The minimum Gasteiger partial charge on any atom is -0.539 e. The molecule has 0 spiro atoms. The van der Waals surface area contributed by atoms with Crippen LogP contribution in [0.3, 0.4) is 0 Å². The van der Waals surface area contributed by atoms with Gasteiger partial charge in [0.05, 0.1) is 23.9 Å². The molecule has 0 aliphatic carbocycles. The molecule has 3 aliphatic heterocycles. The predicted octanol–water partition coefficient (Wildman–Crippen LogP) is 0.982. The summed E-state index contributed by atoms with van der Waals surface area (Å²) in [7, 11) is 0. The van der Waals surface area contributed by atoms with E-state index in [2.05, 4.69) is 15.2 Å². The Morgan fingerprint density at radius 1 is 1.04 bits per heavy atom. The van der Waals surface area contributed by atoms with Gasteiger partial charge in [0.2, 0.25) is 12.5 Å². The van der Waals surface area contributed by atoms with E-state index in [1.54, 1.807) is 4.68 Å². The topological polar surface area (TPSA) is 86.8 Å². The average Bonchev–Trinajstić information content (AvgIpc) is 3.07. The number of hydrogen-bond donors (Lipinski definition) is 0. The van der Waals surface area contributed by atoms with Crippen molar-refractivity contribution in [3.63, 3.8) is 0 Å². The quantitative estimate of drug-likeness (QED) is 0.500. The van der Waals surface area contributed by atoms with Gasteiger partial charge in [-0.05, 0) is 22.4 Å². The van der Waals surface area contributed by atoms with Crippen molar-refractivity contribution in [3.8, 4) is 23.1 Å². The van der Waals surface area contributed by atoms with Crippen molar-refractivity contribution in [1.82, 2.24) is 10.2 Å². The van der Waals surface area contributed by atoms with Gasteiger partial charge < -0.3 is 19.1 Å². The molecule has 8 nitrogen and oxygen atoms in total. The lowest BCUT2D eigenvalue weighted by Crippen LogP contribution is -2.41. The third-order valence-electron chi connectivity index (χ3n) is 5.44. The van der Waals surface area contributed by atoms with Crippen molar-refractivity contribution < 1.29 is 23.8 Å². The van der Waals surface area contributed by atoms with E-state index in [0.717, 1.165) is 35.0 Å². The van der Waals surface area contributed by atoms with Gasteiger partial charge in [-0.25, -0.2) is 0 Å². The Balaban J connectivity index is 1.39. The van der Waals surface area contributed by atoms with E-state index in [4.69, 9.17) is 14.0 Å². The van der Waals surface area contributed by atoms with Crippen LogP contribution in [0.4, 0.5) is 0 Å². The minimum atomic E-state index is -0.471. The molecule has 2 aromatic carbocycles. The maximum Gasteiger partial charge on any atom is 0.286 e. The van der Waals surface area contributed by atoms with Gasteiger partial charge >= 0.3 is 0 Å². The van der Waals surface area contributed by atoms with E-state index in [9.17, 15) is 5.11 Å². The molecular formula is C20H16N4O4. The van der Waals surface area contributed by atoms with E-state index in [-0.39, 0.29) is 18.9 Å². The standard InChI is InChI=1S/C20H16N4O4/c25-20-19(24(22-28-20)13-4-2-1-3-5-13)16-18-17(23(18)9-8-21-16)12-6-7-14-15(10-12)27-11-26-14/h1-7,10,17-18H,8-9,11H2. The number of hydrogen-bond acceptors (Lipinski definition) is 7. The molecule has 1 saturated heterocycles. The number of nitrogens with zero attached hydrogens (tertiary/aromatic N) is 4. The van der Waals surface area contributed by atoms with Crippen LogP contribution in [-0.4, -0.2) is 41.8 Å². The number of para-hydroxylation sites is 1. The van der Waals surface area contributed by atoms with Crippen molar-refractivity contribution >= 4 is 5.71 Å². The number of aliphatic imine (C=N–C) groups is 1. The highest BCUT2D eigenvalue weighted by Crippen LogP contribution is 2.48. The molecule has 3 aromatic rings. The number of aromatic nitrogens is 2. The molecule has 3 unspecified atom stereocenters. The van der Waals surface area contributed by atoms with Gasteiger partial charge in [-0.3, -0.25) is 9.89 Å². The maximum atomic E-state index is 12.5. The van der Waals surface area contributed by atoms with Crippen molar-refractivity contribution in [2.45, 2.75) is 12.1 Å². The number of benzene rings is 2. The Kier molecular flexibility index (Phi) is 3.24. The van der Waals surface area contributed by atoms with Gasteiger partial charge in [-0.15, -0.1) is 0 Å². The Morgan fingerprint density at radius 3 is 2.79 bits per heavy atom. The van der Waals surface area contributed by atoms with Crippen LogP contribution in [0.15, 0.2) is 58.0 Å². The third kappa shape index (κ3) is 2.24. The van der Waals surface area contributed by atoms with Crippen LogP contribution in [0.1, 0.15) is 17.3 Å². The van der Waals surface area contributed by atoms with Crippen LogP contribution in [0.5, 0.6) is 17.4 Å². The highest BCUT2D eigenvalue weighted by molar-refractivity contribution is 6.06. The molecule has 0 amide bonds. The summed E-state index contributed by atoms with van der Waals surface area (Å²) in [6.07, 6.45) is 0. The van der Waals surface area contributed by atoms with Gasteiger partial charge in [-0.2, -0.15) is 0 Å². The fourth-order valence-electron chi connectivity index (χ4n) is 4.13. The molecule has 8 heteroatoms. The molecule has 3 aliphatic rings. The second kappa shape index (κ2) is 5.80. The SMILES string of the molecule is [O-]c1on[n+](-c2ccccc2)c1C1=NCCN2C1C2c1ccc2c(c1)OCO2. The zero-order chi connectivity index (χ0) is 18.7. The zero-order valence-corrected chi connectivity index (χ0v) is 14.8. The van der Waals surface area contributed by atoms with Crippen molar-refractivity contribution in [1.29, 1.82) is 0 Å². The van der Waals surface area contributed by atoms with Crippen LogP contribution >= 0.6 is 0 Å². The van der Waals surface area contributed by atoms with Gasteiger partial charge in [0.25, 0.3) is 5.69 Å². The summed E-state index contributed by atoms with van der Waals surface area (Å²) < 4.78 is 17.5. The van der Waals surface area contributed by atoms with E-state index in [1.807, 2.05) is 48.5 Å². The summed E-state index contributed by atoms with van der Waals surface area (Å²) in [5, 5.41) is 16.4. The Morgan fingerprint density at radius 2 is 1.89 bits per heavy atom. The van der Waals surface area contributed by atoms with Crippen molar-refractivity contribution in [2.75, 3.05) is 19.9 Å². The van der Waals surface area contributed by atoms with E-state index in [0.29, 0.717) is 12.2 Å². The molecule has 0 bridgehead atoms. The van der Waals surface area contributed by atoms with E-state index < -0.39 is 5.95 Å². The molecule has 28 heavy (non-hydrogen) atoms. The summed E-state index contributed by atoms with van der Waals surface area (Å²) in [5.74, 6) is 1.05. The molecule has 0 radical (unpaired) electrons. The first-order valence-corrected chi connectivity index (χ1v) is 9.16. The summed E-state index contributed by atoms with van der Waals surface area (Å²) in [6, 6.07) is 15.6. The maximum absolute atomic E-state index is 12.5. The highest BCUT2D eigenvalue weighted by Gasteiger charge is 2.55. The molecule has 0 N–H and O–H groups in total.